The minimum absolute atomic E-state index is 0.381. The highest BCUT2D eigenvalue weighted by atomic mass is 32.1. The van der Waals surface area contributed by atoms with Crippen LogP contribution in [0.5, 0.6) is 0 Å². The molecular formula is C17H13FN2O3S. The van der Waals surface area contributed by atoms with Gasteiger partial charge in [0.2, 0.25) is 0 Å². The lowest BCUT2D eigenvalue weighted by Gasteiger charge is -2.05. The first-order valence-electron chi connectivity index (χ1n) is 6.94. The van der Waals surface area contributed by atoms with Crippen molar-refractivity contribution in [3.05, 3.63) is 57.8 Å². The number of aromatic nitrogens is 1. The van der Waals surface area contributed by atoms with E-state index in [1.165, 1.54) is 35.6 Å². The number of ketones is 1. The Bertz CT molecular complexity index is 823. The van der Waals surface area contributed by atoms with Crippen molar-refractivity contribution < 1.29 is 18.7 Å². The zero-order valence-electron chi connectivity index (χ0n) is 12.7. The lowest BCUT2D eigenvalue weighted by atomic mass is 10.1. The van der Waals surface area contributed by atoms with Gasteiger partial charge >= 0.3 is 5.97 Å². The molecule has 0 N–H and O–H groups in total. The van der Waals surface area contributed by atoms with Crippen LogP contribution < -0.4 is 0 Å². The molecule has 0 amide bonds. The number of carbonyl (C=O) groups is 2. The predicted octanol–water partition coefficient (Wildman–Crippen LogP) is 3.02. The molecule has 24 heavy (non-hydrogen) atoms. The lowest BCUT2D eigenvalue weighted by Crippen LogP contribution is -2.19. The molecular weight excluding hydrogens is 331 g/mol. The number of aryl methyl sites for hydroxylation is 1. The quantitative estimate of drug-likeness (QED) is 0.594. The van der Waals surface area contributed by atoms with E-state index in [1.54, 1.807) is 18.4 Å². The number of ether oxygens (including phenoxy) is 1. The van der Waals surface area contributed by atoms with Crippen molar-refractivity contribution in [2.45, 2.75) is 12.8 Å². The molecule has 0 aliphatic rings. The SMILES string of the molecule is Cc1csc([C@H](C#N)C(=O)COC(=O)/C=C/c2cccc(F)c2)n1. The summed E-state index contributed by atoms with van der Waals surface area (Å²) in [5.41, 5.74) is 1.21. The van der Waals surface area contributed by atoms with E-state index in [0.717, 1.165) is 11.8 Å². The van der Waals surface area contributed by atoms with Crippen LogP contribution in [0.1, 0.15) is 22.2 Å². The van der Waals surface area contributed by atoms with E-state index < -0.39 is 30.1 Å². The van der Waals surface area contributed by atoms with Gasteiger partial charge in [-0.2, -0.15) is 5.26 Å². The molecule has 0 saturated heterocycles. The Kier molecular flexibility index (Phi) is 5.93. The number of nitriles is 1. The van der Waals surface area contributed by atoms with E-state index >= 15 is 0 Å². The second-order valence-electron chi connectivity index (χ2n) is 4.85. The minimum atomic E-state index is -1.05. The Morgan fingerprint density at radius 2 is 2.29 bits per heavy atom. The summed E-state index contributed by atoms with van der Waals surface area (Å²) in [6.07, 6.45) is 2.47. The number of hydrogen-bond donors (Lipinski definition) is 0. The van der Waals surface area contributed by atoms with Crippen LogP contribution in [0.25, 0.3) is 6.08 Å². The van der Waals surface area contributed by atoms with Crippen LogP contribution >= 0.6 is 11.3 Å². The maximum Gasteiger partial charge on any atom is 0.331 e. The topological polar surface area (TPSA) is 80.0 Å². The molecule has 122 valence electrons. The molecule has 0 fully saturated rings. The first-order chi connectivity index (χ1) is 11.5. The van der Waals surface area contributed by atoms with Crippen molar-refractivity contribution in [3.8, 4) is 6.07 Å². The fourth-order valence-electron chi connectivity index (χ4n) is 1.82. The van der Waals surface area contributed by atoms with E-state index in [2.05, 4.69) is 4.98 Å². The zero-order chi connectivity index (χ0) is 17.5. The van der Waals surface area contributed by atoms with E-state index in [9.17, 15) is 14.0 Å². The van der Waals surface area contributed by atoms with Crippen molar-refractivity contribution in [2.75, 3.05) is 6.61 Å². The summed E-state index contributed by atoms with van der Waals surface area (Å²) in [4.78, 5) is 27.7. The average Bonchev–Trinajstić information content (AvgIpc) is 2.98. The molecule has 5 nitrogen and oxygen atoms in total. The van der Waals surface area contributed by atoms with E-state index in [0.29, 0.717) is 10.6 Å². The fraction of sp³-hybridized carbons (Fsp3) is 0.176. The molecule has 1 aromatic heterocycles. The molecule has 7 heteroatoms. The van der Waals surface area contributed by atoms with Gasteiger partial charge in [-0.15, -0.1) is 11.3 Å². The molecule has 0 spiro atoms. The molecule has 2 aromatic rings. The zero-order valence-corrected chi connectivity index (χ0v) is 13.5. The normalized spacial score (nSPS) is 11.9. The van der Waals surface area contributed by atoms with Crippen LogP contribution in [0.3, 0.4) is 0 Å². The van der Waals surface area contributed by atoms with Gasteiger partial charge in [0.15, 0.2) is 18.3 Å². The highest BCUT2D eigenvalue weighted by Gasteiger charge is 2.24. The minimum Gasteiger partial charge on any atom is -0.454 e. The molecule has 0 radical (unpaired) electrons. The summed E-state index contributed by atoms with van der Waals surface area (Å²) in [6, 6.07) is 7.54. The number of benzene rings is 1. The maximum absolute atomic E-state index is 13.0. The van der Waals surface area contributed by atoms with Gasteiger partial charge < -0.3 is 4.74 Å². The molecule has 1 heterocycles. The molecule has 2 rings (SSSR count). The summed E-state index contributed by atoms with van der Waals surface area (Å²) < 4.78 is 17.8. The van der Waals surface area contributed by atoms with Gasteiger partial charge in [-0.25, -0.2) is 14.2 Å². The third-order valence-electron chi connectivity index (χ3n) is 2.95. The standard InChI is InChI=1S/C17H13FN2O3S/c1-11-10-24-17(20-11)14(8-19)15(21)9-23-16(22)6-5-12-3-2-4-13(18)7-12/h2-7,10,14H,9H2,1H3/b6-5+/t14-/m1/s1. The summed E-state index contributed by atoms with van der Waals surface area (Å²) >= 11 is 1.21. The summed E-state index contributed by atoms with van der Waals surface area (Å²) in [5, 5.41) is 11.2. The third-order valence-corrected chi connectivity index (χ3v) is 3.98. The van der Waals surface area contributed by atoms with E-state index in [1.807, 2.05) is 6.07 Å². The Morgan fingerprint density at radius 1 is 1.50 bits per heavy atom. The van der Waals surface area contributed by atoms with Crippen molar-refractivity contribution in [1.29, 1.82) is 5.26 Å². The first kappa shape index (κ1) is 17.5. The van der Waals surface area contributed by atoms with Crippen molar-refractivity contribution in [3.63, 3.8) is 0 Å². The molecule has 0 aliphatic carbocycles. The summed E-state index contributed by atoms with van der Waals surface area (Å²) in [7, 11) is 0. The smallest absolute Gasteiger partial charge is 0.331 e. The van der Waals surface area contributed by atoms with Crippen LogP contribution in [-0.2, 0) is 14.3 Å². The first-order valence-corrected chi connectivity index (χ1v) is 7.82. The van der Waals surface area contributed by atoms with Gasteiger partial charge in [-0.1, -0.05) is 12.1 Å². The largest absolute Gasteiger partial charge is 0.454 e. The Morgan fingerprint density at radius 3 is 2.92 bits per heavy atom. The van der Waals surface area contributed by atoms with Crippen LogP contribution in [0.2, 0.25) is 0 Å². The van der Waals surface area contributed by atoms with E-state index in [4.69, 9.17) is 10.00 Å². The third kappa shape index (κ3) is 4.83. The number of hydrogen-bond acceptors (Lipinski definition) is 6. The maximum atomic E-state index is 13.0. The van der Waals surface area contributed by atoms with Crippen molar-refractivity contribution in [1.82, 2.24) is 4.98 Å². The second kappa shape index (κ2) is 8.13. The molecule has 1 atom stereocenters. The number of rotatable bonds is 6. The average molecular weight is 344 g/mol. The fourth-order valence-corrected chi connectivity index (χ4v) is 2.68. The van der Waals surface area contributed by atoms with Gasteiger partial charge in [-0.05, 0) is 30.7 Å². The van der Waals surface area contributed by atoms with Crippen molar-refractivity contribution >= 4 is 29.2 Å². The summed E-state index contributed by atoms with van der Waals surface area (Å²) in [6.45, 7) is 1.24. The molecule has 0 bridgehead atoms. The monoisotopic (exact) mass is 344 g/mol. The molecule has 0 unspecified atom stereocenters. The predicted molar refractivity (Wildman–Crippen MR) is 86.6 cm³/mol. The van der Waals surface area contributed by atoms with Gasteiger partial charge in [0.1, 0.15) is 10.8 Å². The molecule has 0 saturated carbocycles. The number of esters is 1. The number of halogens is 1. The number of carbonyl (C=O) groups excluding carboxylic acids is 2. The second-order valence-corrected chi connectivity index (χ2v) is 5.74. The molecule has 1 aromatic carbocycles. The number of Topliss-reactive ketones (excluding diaryl/α,β-unsaturated/α-hetero) is 1. The van der Waals surface area contributed by atoms with Gasteiger partial charge in [0, 0.05) is 17.2 Å². The van der Waals surface area contributed by atoms with E-state index in [-0.39, 0.29) is 0 Å². The highest BCUT2D eigenvalue weighted by Crippen LogP contribution is 2.20. The number of thiazole rings is 1. The van der Waals surface area contributed by atoms with Crippen molar-refractivity contribution in [2.24, 2.45) is 0 Å². The lowest BCUT2D eigenvalue weighted by molar-refractivity contribution is -0.143. The molecule has 0 aliphatic heterocycles. The van der Waals surface area contributed by atoms with Gasteiger partial charge in [-0.3, -0.25) is 4.79 Å². The van der Waals surface area contributed by atoms with Crippen LogP contribution in [0.15, 0.2) is 35.7 Å². The van der Waals surface area contributed by atoms with Gasteiger partial charge in [0.05, 0.1) is 6.07 Å². The Hall–Kier alpha value is -2.85. The van der Waals surface area contributed by atoms with Crippen LogP contribution in [-0.4, -0.2) is 23.3 Å². The number of nitrogens with zero attached hydrogens (tertiary/aromatic N) is 2. The highest BCUT2D eigenvalue weighted by molar-refractivity contribution is 7.09. The van der Waals surface area contributed by atoms with Gasteiger partial charge in [0.25, 0.3) is 0 Å². The Labute approximate surface area is 142 Å². The van der Waals surface area contributed by atoms with Crippen LogP contribution in [0.4, 0.5) is 4.39 Å². The Balaban J connectivity index is 1.91. The van der Waals surface area contributed by atoms with Crippen LogP contribution in [0, 0.1) is 24.1 Å². The summed E-state index contributed by atoms with van der Waals surface area (Å²) in [5.74, 6) is -2.76.